The van der Waals surface area contributed by atoms with Crippen LogP contribution in [0.1, 0.15) is 22.4 Å². The van der Waals surface area contributed by atoms with Gasteiger partial charge in [-0.1, -0.05) is 35.9 Å². The van der Waals surface area contributed by atoms with E-state index in [-0.39, 0.29) is 4.90 Å². The maximum atomic E-state index is 12.7. The molecule has 1 heterocycles. The smallest absolute Gasteiger partial charge is 0.282 e. The van der Waals surface area contributed by atoms with Crippen LogP contribution in [0.15, 0.2) is 59.6 Å². The maximum absolute atomic E-state index is 12.7. The molecule has 1 aromatic heterocycles. The maximum Gasteiger partial charge on any atom is 0.282 e. The zero-order valence-corrected chi connectivity index (χ0v) is 15.7. The van der Waals surface area contributed by atoms with Gasteiger partial charge < -0.3 is 4.74 Å². The van der Waals surface area contributed by atoms with Crippen molar-refractivity contribution in [1.29, 1.82) is 0 Å². The number of ether oxygens (including phenoxy) is 1. The van der Waals surface area contributed by atoms with Crippen LogP contribution >= 0.6 is 0 Å². The lowest BCUT2D eigenvalue weighted by molar-refractivity contribution is 0.415. The molecule has 0 saturated heterocycles. The van der Waals surface area contributed by atoms with Crippen molar-refractivity contribution >= 4 is 22.2 Å². The highest BCUT2D eigenvalue weighted by Gasteiger charge is 2.18. The van der Waals surface area contributed by atoms with Crippen molar-refractivity contribution in [3.8, 4) is 5.75 Å². The zero-order chi connectivity index (χ0) is 18.7. The van der Waals surface area contributed by atoms with E-state index in [1.807, 2.05) is 44.2 Å². The summed E-state index contributed by atoms with van der Waals surface area (Å²) in [7, 11) is -2.07. The van der Waals surface area contributed by atoms with Crippen LogP contribution in [-0.4, -0.2) is 24.7 Å². The van der Waals surface area contributed by atoms with Gasteiger partial charge >= 0.3 is 0 Å². The summed E-state index contributed by atoms with van der Waals surface area (Å²) < 4.78 is 31.6. The van der Waals surface area contributed by atoms with Crippen LogP contribution in [0.2, 0.25) is 0 Å². The van der Waals surface area contributed by atoms with Crippen molar-refractivity contribution in [2.24, 2.45) is 0 Å². The fourth-order valence-corrected chi connectivity index (χ4v) is 3.63. The fraction of sp³-hybridized carbons (Fsp3) is 0.150. The number of aryl methyl sites for hydroxylation is 2. The van der Waals surface area contributed by atoms with E-state index in [0.29, 0.717) is 5.69 Å². The van der Waals surface area contributed by atoms with Gasteiger partial charge in [-0.25, -0.2) is 0 Å². The number of hydrogen-bond acceptors (Lipinski definition) is 4. The first-order chi connectivity index (χ1) is 12.4. The van der Waals surface area contributed by atoms with Crippen LogP contribution in [0.3, 0.4) is 0 Å². The van der Waals surface area contributed by atoms with Crippen LogP contribution in [0, 0.1) is 13.8 Å². The number of aromatic nitrogens is 2. The molecule has 0 fully saturated rings. The quantitative estimate of drug-likeness (QED) is 0.685. The van der Waals surface area contributed by atoms with Gasteiger partial charge in [0.05, 0.1) is 17.7 Å². The van der Waals surface area contributed by atoms with Crippen LogP contribution in [0.5, 0.6) is 5.75 Å². The molecule has 134 valence electrons. The molecule has 2 aromatic carbocycles. The Balaban J connectivity index is 1.88. The van der Waals surface area contributed by atoms with E-state index in [9.17, 15) is 8.42 Å². The van der Waals surface area contributed by atoms with Crippen molar-refractivity contribution in [3.05, 3.63) is 77.1 Å². The van der Waals surface area contributed by atoms with E-state index < -0.39 is 10.0 Å². The molecule has 26 heavy (non-hydrogen) atoms. The molecular weight excluding hydrogens is 348 g/mol. The molecule has 0 saturated carbocycles. The summed E-state index contributed by atoms with van der Waals surface area (Å²) in [6, 6.07) is 14.3. The zero-order valence-electron chi connectivity index (χ0n) is 14.9. The Morgan fingerprint density at radius 3 is 2.23 bits per heavy atom. The van der Waals surface area contributed by atoms with E-state index >= 15 is 0 Å². The SMILES string of the molecule is COc1ccc(/C=C/c2nn(S(=O)(=O)c3ccc(C)cc3)cc2C)cc1. The minimum atomic E-state index is -3.69. The predicted molar refractivity (Wildman–Crippen MR) is 103 cm³/mol. The largest absolute Gasteiger partial charge is 0.497 e. The minimum absolute atomic E-state index is 0.219. The monoisotopic (exact) mass is 368 g/mol. The van der Waals surface area contributed by atoms with Gasteiger partial charge in [-0.2, -0.15) is 17.6 Å². The van der Waals surface area contributed by atoms with Gasteiger partial charge in [0.1, 0.15) is 5.75 Å². The van der Waals surface area contributed by atoms with Crippen LogP contribution in [-0.2, 0) is 10.0 Å². The molecule has 0 atom stereocenters. The van der Waals surface area contributed by atoms with Crippen LogP contribution in [0.4, 0.5) is 0 Å². The van der Waals surface area contributed by atoms with Crippen LogP contribution in [0.25, 0.3) is 12.2 Å². The average molecular weight is 368 g/mol. The molecule has 0 radical (unpaired) electrons. The van der Waals surface area contributed by atoms with Crippen molar-refractivity contribution in [2.75, 3.05) is 7.11 Å². The summed E-state index contributed by atoms with van der Waals surface area (Å²) in [5, 5.41) is 4.25. The number of hydrogen-bond donors (Lipinski definition) is 0. The lowest BCUT2D eigenvalue weighted by Crippen LogP contribution is -2.13. The van der Waals surface area contributed by atoms with Crippen LogP contribution < -0.4 is 4.74 Å². The highest BCUT2D eigenvalue weighted by atomic mass is 32.2. The molecule has 3 aromatic rings. The molecule has 0 aliphatic carbocycles. The summed E-state index contributed by atoms with van der Waals surface area (Å²) in [6.45, 7) is 3.75. The summed E-state index contributed by atoms with van der Waals surface area (Å²) in [6.07, 6.45) is 5.22. The molecule has 5 nitrogen and oxygen atoms in total. The molecule has 0 unspecified atom stereocenters. The minimum Gasteiger partial charge on any atom is -0.497 e. The van der Waals surface area contributed by atoms with Gasteiger partial charge in [0, 0.05) is 6.20 Å². The second-order valence-corrected chi connectivity index (χ2v) is 7.79. The number of methoxy groups -OCH3 is 1. The van der Waals surface area contributed by atoms with Crippen molar-refractivity contribution < 1.29 is 13.2 Å². The summed E-state index contributed by atoms with van der Waals surface area (Å²) in [4.78, 5) is 0.219. The average Bonchev–Trinajstić information content (AvgIpc) is 3.02. The standard InChI is InChI=1S/C20H20N2O3S/c1-15-4-11-19(12-5-15)26(23,24)22-14-16(2)20(21-22)13-8-17-6-9-18(25-3)10-7-17/h4-14H,1-3H3/b13-8+. The molecule has 0 N–H and O–H groups in total. The van der Waals surface area contributed by atoms with E-state index in [2.05, 4.69) is 5.10 Å². The Hall–Kier alpha value is -2.86. The molecule has 3 rings (SSSR count). The highest BCUT2D eigenvalue weighted by Crippen LogP contribution is 2.18. The Kier molecular flexibility index (Phi) is 4.95. The van der Waals surface area contributed by atoms with Gasteiger partial charge in [-0.15, -0.1) is 0 Å². The molecular formula is C20H20N2O3S. The van der Waals surface area contributed by atoms with E-state index in [4.69, 9.17) is 4.74 Å². The molecule has 6 heteroatoms. The normalized spacial score (nSPS) is 11.8. The second kappa shape index (κ2) is 7.17. The third-order valence-corrected chi connectivity index (χ3v) is 5.58. The van der Waals surface area contributed by atoms with Gasteiger partial charge in [0.15, 0.2) is 0 Å². The number of nitrogens with zero attached hydrogens (tertiary/aromatic N) is 2. The second-order valence-electron chi connectivity index (χ2n) is 5.99. The summed E-state index contributed by atoms with van der Waals surface area (Å²) >= 11 is 0. The summed E-state index contributed by atoms with van der Waals surface area (Å²) in [5.74, 6) is 0.784. The van der Waals surface area contributed by atoms with Gasteiger partial charge in [0.25, 0.3) is 10.0 Å². The predicted octanol–water partition coefficient (Wildman–Crippen LogP) is 3.92. The first-order valence-corrected chi connectivity index (χ1v) is 9.55. The molecule has 0 aliphatic heterocycles. The Labute approximate surface area is 153 Å². The molecule has 0 amide bonds. The topological polar surface area (TPSA) is 61.2 Å². The lowest BCUT2D eigenvalue weighted by atomic mass is 10.2. The fourth-order valence-electron chi connectivity index (χ4n) is 2.44. The summed E-state index contributed by atoms with van der Waals surface area (Å²) in [5.41, 5.74) is 3.37. The van der Waals surface area contributed by atoms with E-state index in [1.54, 1.807) is 37.5 Å². The van der Waals surface area contributed by atoms with Gasteiger partial charge in [-0.05, 0) is 55.3 Å². The Morgan fingerprint density at radius 2 is 1.62 bits per heavy atom. The lowest BCUT2D eigenvalue weighted by Gasteiger charge is -2.04. The van der Waals surface area contributed by atoms with Gasteiger partial charge in [0.2, 0.25) is 0 Å². The van der Waals surface area contributed by atoms with Crippen molar-refractivity contribution in [1.82, 2.24) is 9.19 Å². The third-order valence-electron chi connectivity index (χ3n) is 4.03. The molecule has 0 aliphatic rings. The first kappa shape index (κ1) is 17.9. The highest BCUT2D eigenvalue weighted by molar-refractivity contribution is 7.89. The van der Waals surface area contributed by atoms with Crippen molar-refractivity contribution in [3.63, 3.8) is 0 Å². The van der Waals surface area contributed by atoms with E-state index in [1.165, 1.54) is 6.20 Å². The number of rotatable bonds is 5. The van der Waals surface area contributed by atoms with E-state index in [0.717, 1.165) is 26.5 Å². The molecule has 0 spiro atoms. The Morgan fingerprint density at radius 1 is 0.962 bits per heavy atom. The first-order valence-electron chi connectivity index (χ1n) is 8.11. The Bertz CT molecular complexity index is 1030. The molecule has 0 bridgehead atoms. The number of benzene rings is 2. The van der Waals surface area contributed by atoms with Gasteiger partial charge in [-0.3, -0.25) is 0 Å². The van der Waals surface area contributed by atoms with Crippen molar-refractivity contribution in [2.45, 2.75) is 18.7 Å². The third kappa shape index (κ3) is 3.70.